The Morgan fingerprint density at radius 1 is 1.56 bits per heavy atom. The van der Waals surface area contributed by atoms with Crippen LogP contribution in [-0.4, -0.2) is 20.2 Å². The molecule has 0 aliphatic rings. The van der Waals surface area contributed by atoms with E-state index >= 15 is 0 Å². The van der Waals surface area contributed by atoms with Crippen molar-refractivity contribution in [3.63, 3.8) is 0 Å². The Kier molecular flexibility index (Phi) is 5.01. The third-order valence-electron chi connectivity index (χ3n) is 2.30. The molecule has 0 saturated heterocycles. The Morgan fingerprint density at radius 2 is 2.31 bits per heavy atom. The summed E-state index contributed by atoms with van der Waals surface area (Å²) in [6.07, 6.45) is 2.35. The number of rotatable bonds is 6. The molecule has 5 nitrogen and oxygen atoms in total. The molecular weight excluding hydrogens is 210 g/mol. The lowest BCUT2D eigenvalue weighted by Gasteiger charge is -2.10. The quantitative estimate of drug-likeness (QED) is 0.743. The minimum Gasteiger partial charge on any atom is -0.469 e. The minimum atomic E-state index is -0.306. The zero-order valence-corrected chi connectivity index (χ0v) is 9.56. The van der Waals surface area contributed by atoms with Crippen molar-refractivity contribution in [2.75, 3.05) is 14.2 Å². The topological polar surface area (TPSA) is 74.7 Å². The van der Waals surface area contributed by atoms with E-state index in [-0.39, 0.29) is 18.4 Å². The molecule has 2 N–H and O–H groups in total. The number of carbonyl (C=O) groups excluding carboxylic acids is 1. The molecule has 0 spiro atoms. The first kappa shape index (κ1) is 12.7. The molecule has 0 saturated carbocycles. The second-order valence-electron chi connectivity index (χ2n) is 3.46. The summed E-state index contributed by atoms with van der Waals surface area (Å²) in [6, 6.07) is 1.51. The van der Waals surface area contributed by atoms with E-state index in [9.17, 15) is 4.79 Å². The van der Waals surface area contributed by atoms with Crippen LogP contribution in [0.4, 0.5) is 0 Å². The second kappa shape index (κ2) is 6.30. The van der Waals surface area contributed by atoms with Crippen LogP contribution in [0.15, 0.2) is 16.7 Å². The van der Waals surface area contributed by atoms with Gasteiger partial charge in [-0.3, -0.25) is 4.79 Å². The van der Waals surface area contributed by atoms with Crippen LogP contribution in [-0.2, 0) is 20.9 Å². The number of hydrogen-bond donors (Lipinski definition) is 1. The summed E-state index contributed by atoms with van der Waals surface area (Å²) >= 11 is 0. The van der Waals surface area contributed by atoms with Crippen LogP contribution in [0.2, 0.25) is 0 Å². The van der Waals surface area contributed by atoms with Gasteiger partial charge in [-0.1, -0.05) is 0 Å². The molecule has 1 unspecified atom stereocenters. The van der Waals surface area contributed by atoms with Gasteiger partial charge in [-0.05, 0) is 12.5 Å². The summed E-state index contributed by atoms with van der Waals surface area (Å²) in [5, 5.41) is 0. The standard InChI is InChI=1S/C11H17NO4/c1-14-7-8-5-6-16-11(8)9(12)3-4-10(13)15-2/h5-6,9H,3-4,7,12H2,1-2H3. The number of hydrogen-bond acceptors (Lipinski definition) is 5. The molecule has 0 amide bonds. The molecule has 16 heavy (non-hydrogen) atoms. The van der Waals surface area contributed by atoms with Gasteiger partial charge in [0, 0.05) is 19.1 Å². The molecule has 0 aliphatic heterocycles. The van der Waals surface area contributed by atoms with Crippen LogP contribution < -0.4 is 5.73 Å². The normalized spacial score (nSPS) is 12.4. The predicted molar refractivity (Wildman–Crippen MR) is 57.6 cm³/mol. The molecular formula is C11H17NO4. The van der Waals surface area contributed by atoms with Crippen LogP contribution in [0, 0.1) is 0 Å². The monoisotopic (exact) mass is 227 g/mol. The van der Waals surface area contributed by atoms with E-state index in [1.54, 1.807) is 13.4 Å². The molecule has 0 aromatic carbocycles. The predicted octanol–water partition coefficient (Wildman–Crippen LogP) is 1.38. The number of esters is 1. The number of carbonyl (C=O) groups is 1. The van der Waals surface area contributed by atoms with E-state index in [4.69, 9.17) is 14.9 Å². The maximum absolute atomic E-state index is 11.0. The first-order chi connectivity index (χ1) is 7.69. The maximum atomic E-state index is 11.0. The Morgan fingerprint density at radius 3 is 2.94 bits per heavy atom. The molecule has 1 aromatic heterocycles. The zero-order chi connectivity index (χ0) is 12.0. The van der Waals surface area contributed by atoms with Crippen molar-refractivity contribution in [1.82, 2.24) is 0 Å². The van der Waals surface area contributed by atoms with Gasteiger partial charge in [0.15, 0.2) is 0 Å². The lowest BCUT2D eigenvalue weighted by atomic mass is 10.1. The van der Waals surface area contributed by atoms with Gasteiger partial charge in [0.25, 0.3) is 0 Å². The highest BCUT2D eigenvalue weighted by molar-refractivity contribution is 5.69. The molecule has 5 heteroatoms. The van der Waals surface area contributed by atoms with Gasteiger partial charge in [-0.2, -0.15) is 0 Å². The third kappa shape index (κ3) is 3.36. The van der Waals surface area contributed by atoms with Crippen LogP contribution in [0.1, 0.15) is 30.2 Å². The fraction of sp³-hybridized carbons (Fsp3) is 0.545. The van der Waals surface area contributed by atoms with Crippen molar-refractivity contribution >= 4 is 5.97 Å². The molecule has 90 valence electrons. The maximum Gasteiger partial charge on any atom is 0.305 e. The smallest absolute Gasteiger partial charge is 0.305 e. The Balaban J connectivity index is 2.54. The number of nitrogens with two attached hydrogens (primary N) is 1. The summed E-state index contributed by atoms with van der Waals surface area (Å²) < 4.78 is 14.9. The molecule has 1 aromatic rings. The van der Waals surface area contributed by atoms with Gasteiger partial charge in [-0.15, -0.1) is 0 Å². The van der Waals surface area contributed by atoms with Crippen molar-refractivity contribution in [2.45, 2.75) is 25.5 Å². The Labute approximate surface area is 94.5 Å². The highest BCUT2D eigenvalue weighted by Crippen LogP contribution is 2.22. The van der Waals surface area contributed by atoms with E-state index < -0.39 is 0 Å². The van der Waals surface area contributed by atoms with Crippen LogP contribution in [0.3, 0.4) is 0 Å². The summed E-state index contributed by atoms with van der Waals surface area (Å²) in [4.78, 5) is 11.0. The number of methoxy groups -OCH3 is 2. The first-order valence-electron chi connectivity index (χ1n) is 5.06. The van der Waals surface area contributed by atoms with Crippen molar-refractivity contribution in [1.29, 1.82) is 0 Å². The Hall–Kier alpha value is -1.33. The number of furan rings is 1. The summed E-state index contributed by atoms with van der Waals surface area (Å²) in [5.74, 6) is 0.404. The summed E-state index contributed by atoms with van der Waals surface area (Å²) in [6.45, 7) is 0.456. The average Bonchev–Trinajstić information content (AvgIpc) is 2.74. The van der Waals surface area contributed by atoms with Gasteiger partial charge < -0.3 is 19.6 Å². The number of ether oxygens (including phenoxy) is 2. The largest absolute Gasteiger partial charge is 0.469 e. The molecule has 1 heterocycles. The SMILES string of the molecule is COCc1ccoc1C(N)CCC(=O)OC. The first-order valence-corrected chi connectivity index (χ1v) is 5.06. The van der Waals surface area contributed by atoms with Crippen LogP contribution in [0.5, 0.6) is 0 Å². The summed E-state index contributed by atoms with van der Waals surface area (Å²) in [7, 11) is 2.97. The van der Waals surface area contributed by atoms with Crippen molar-refractivity contribution in [3.8, 4) is 0 Å². The van der Waals surface area contributed by atoms with Crippen molar-refractivity contribution < 1.29 is 18.7 Å². The molecule has 0 aliphatic carbocycles. The lowest BCUT2D eigenvalue weighted by Crippen LogP contribution is -2.14. The fourth-order valence-corrected chi connectivity index (χ4v) is 1.45. The highest BCUT2D eigenvalue weighted by Gasteiger charge is 2.16. The third-order valence-corrected chi connectivity index (χ3v) is 2.30. The van der Waals surface area contributed by atoms with E-state index in [0.717, 1.165) is 5.56 Å². The van der Waals surface area contributed by atoms with Gasteiger partial charge in [0.05, 0.1) is 26.0 Å². The molecule has 1 atom stereocenters. The molecule has 0 bridgehead atoms. The van der Waals surface area contributed by atoms with E-state index in [0.29, 0.717) is 18.8 Å². The fourth-order valence-electron chi connectivity index (χ4n) is 1.45. The van der Waals surface area contributed by atoms with Crippen LogP contribution in [0.25, 0.3) is 0 Å². The van der Waals surface area contributed by atoms with Crippen molar-refractivity contribution in [2.24, 2.45) is 5.73 Å². The molecule has 0 fully saturated rings. The highest BCUT2D eigenvalue weighted by atomic mass is 16.5. The van der Waals surface area contributed by atoms with Crippen LogP contribution >= 0.6 is 0 Å². The lowest BCUT2D eigenvalue weighted by molar-refractivity contribution is -0.140. The second-order valence-corrected chi connectivity index (χ2v) is 3.46. The zero-order valence-electron chi connectivity index (χ0n) is 9.56. The molecule has 1 rings (SSSR count). The van der Waals surface area contributed by atoms with E-state index in [1.165, 1.54) is 7.11 Å². The minimum absolute atomic E-state index is 0.268. The van der Waals surface area contributed by atoms with Gasteiger partial charge in [-0.25, -0.2) is 0 Å². The van der Waals surface area contributed by atoms with Gasteiger partial charge in [0.1, 0.15) is 5.76 Å². The average molecular weight is 227 g/mol. The summed E-state index contributed by atoms with van der Waals surface area (Å²) in [5.41, 5.74) is 6.83. The Bertz CT molecular complexity index is 334. The van der Waals surface area contributed by atoms with E-state index in [1.807, 2.05) is 6.07 Å². The van der Waals surface area contributed by atoms with Gasteiger partial charge in [0.2, 0.25) is 0 Å². The molecule has 0 radical (unpaired) electrons. The van der Waals surface area contributed by atoms with Crippen molar-refractivity contribution in [3.05, 3.63) is 23.7 Å². The van der Waals surface area contributed by atoms with E-state index in [2.05, 4.69) is 4.74 Å². The van der Waals surface area contributed by atoms with Gasteiger partial charge >= 0.3 is 5.97 Å².